The van der Waals surface area contributed by atoms with Crippen LogP contribution in [-0.2, 0) is 0 Å². The number of hydrogen-bond acceptors (Lipinski definition) is 6. The highest BCUT2D eigenvalue weighted by molar-refractivity contribution is 5.94. The molecule has 0 bridgehead atoms. The number of ether oxygens (including phenoxy) is 2. The van der Waals surface area contributed by atoms with Gasteiger partial charge < -0.3 is 23.7 Å². The zero-order valence-electron chi connectivity index (χ0n) is 16.9. The number of hydrogen-bond donors (Lipinski definition) is 0. The van der Waals surface area contributed by atoms with Gasteiger partial charge in [-0.15, -0.1) is 0 Å². The molecule has 3 aromatic rings. The fraction of sp³-hybridized carbons (Fsp3) is 0.304. The van der Waals surface area contributed by atoms with E-state index in [0.29, 0.717) is 36.4 Å². The molecule has 7 heteroatoms. The predicted octanol–water partition coefficient (Wildman–Crippen LogP) is 2.64. The molecule has 1 aliphatic heterocycles. The molecule has 2 aromatic carbocycles. The molecule has 156 valence electrons. The summed E-state index contributed by atoms with van der Waals surface area (Å²) in [6, 6.07) is 15.8. The number of piperazine rings is 1. The quantitative estimate of drug-likeness (QED) is 0.584. The highest BCUT2D eigenvalue weighted by Crippen LogP contribution is 2.24. The zero-order valence-corrected chi connectivity index (χ0v) is 16.9. The van der Waals surface area contributed by atoms with Gasteiger partial charge in [-0.2, -0.15) is 0 Å². The van der Waals surface area contributed by atoms with E-state index >= 15 is 0 Å². The Hall–Kier alpha value is -3.32. The Balaban J connectivity index is 1.48. The summed E-state index contributed by atoms with van der Waals surface area (Å²) in [5.41, 5.74) is 0.0368. The molecule has 0 aliphatic carbocycles. The van der Waals surface area contributed by atoms with Crippen molar-refractivity contribution >= 4 is 16.9 Å². The fourth-order valence-corrected chi connectivity index (χ4v) is 3.40. The summed E-state index contributed by atoms with van der Waals surface area (Å²) in [6.45, 7) is 3.43. The second-order valence-electron chi connectivity index (χ2n) is 7.21. The maximum absolute atomic E-state index is 12.8. The van der Waals surface area contributed by atoms with E-state index in [9.17, 15) is 9.59 Å². The highest BCUT2D eigenvalue weighted by atomic mass is 16.5. The van der Waals surface area contributed by atoms with Gasteiger partial charge in [0.1, 0.15) is 35.7 Å². The molecule has 0 atom stereocenters. The highest BCUT2D eigenvalue weighted by Gasteiger charge is 2.23. The number of carbonyl (C=O) groups is 1. The first-order valence-electron chi connectivity index (χ1n) is 9.97. The number of fused-ring (bicyclic) bond motifs is 1. The maximum Gasteiger partial charge on any atom is 0.289 e. The van der Waals surface area contributed by atoms with Crippen LogP contribution in [0, 0.1) is 0 Å². The van der Waals surface area contributed by atoms with Gasteiger partial charge in [0.05, 0.1) is 0 Å². The van der Waals surface area contributed by atoms with E-state index in [2.05, 4.69) is 4.90 Å². The van der Waals surface area contributed by atoms with E-state index in [1.54, 1.807) is 23.1 Å². The summed E-state index contributed by atoms with van der Waals surface area (Å²) < 4.78 is 17.2. The molecule has 1 saturated heterocycles. The van der Waals surface area contributed by atoms with Crippen LogP contribution >= 0.6 is 0 Å². The van der Waals surface area contributed by atoms with Gasteiger partial charge in [0.25, 0.3) is 5.91 Å². The number of likely N-dealkylation sites (N-methyl/N-ethyl adjacent to an activating group) is 1. The summed E-state index contributed by atoms with van der Waals surface area (Å²) in [5, 5.41) is 0.326. The molecule has 1 fully saturated rings. The normalized spacial score (nSPS) is 14.6. The minimum Gasteiger partial charge on any atom is -0.490 e. The van der Waals surface area contributed by atoms with E-state index in [4.69, 9.17) is 13.9 Å². The minimum absolute atomic E-state index is 0.0570. The molecule has 2 heterocycles. The first-order valence-corrected chi connectivity index (χ1v) is 9.97. The van der Waals surface area contributed by atoms with E-state index in [0.717, 1.165) is 18.8 Å². The molecule has 0 saturated carbocycles. The van der Waals surface area contributed by atoms with Crippen molar-refractivity contribution in [3.05, 3.63) is 70.6 Å². The Bertz CT molecular complexity index is 1070. The molecule has 30 heavy (non-hydrogen) atoms. The number of benzene rings is 2. The largest absolute Gasteiger partial charge is 0.490 e. The van der Waals surface area contributed by atoms with Crippen LogP contribution < -0.4 is 14.9 Å². The number of nitrogens with zero attached hydrogens (tertiary/aromatic N) is 2. The van der Waals surface area contributed by atoms with Gasteiger partial charge >= 0.3 is 0 Å². The van der Waals surface area contributed by atoms with Gasteiger partial charge in [-0.05, 0) is 31.3 Å². The van der Waals surface area contributed by atoms with E-state index in [1.807, 2.05) is 37.4 Å². The third kappa shape index (κ3) is 4.46. The monoisotopic (exact) mass is 408 g/mol. The van der Waals surface area contributed by atoms with Gasteiger partial charge in [-0.25, -0.2) is 0 Å². The number of para-hydroxylation sites is 1. The van der Waals surface area contributed by atoms with Crippen LogP contribution in [0.15, 0.2) is 63.8 Å². The third-order valence-corrected chi connectivity index (χ3v) is 5.07. The van der Waals surface area contributed by atoms with Crippen molar-refractivity contribution in [1.29, 1.82) is 0 Å². The molecule has 7 nitrogen and oxygen atoms in total. The van der Waals surface area contributed by atoms with Gasteiger partial charge in [0.2, 0.25) is 0 Å². The number of rotatable bonds is 6. The first kappa shape index (κ1) is 20.0. The Morgan fingerprint density at radius 2 is 1.70 bits per heavy atom. The zero-order chi connectivity index (χ0) is 20.9. The standard InChI is InChI=1S/C23H24N2O5/c1-24-10-12-25(13-11-24)23(27)21-16-18(26)22-19(8-5-9-20(22)30-21)29-15-14-28-17-6-3-2-4-7-17/h2-9,16H,10-15H2,1H3. The predicted molar refractivity (Wildman–Crippen MR) is 113 cm³/mol. The summed E-state index contributed by atoms with van der Waals surface area (Å²) >= 11 is 0. The molecule has 0 N–H and O–H groups in total. The van der Waals surface area contributed by atoms with E-state index in [-0.39, 0.29) is 23.7 Å². The number of amides is 1. The van der Waals surface area contributed by atoms with Crippen LogP contribution in [-0.4, -0.2) is 62.1 Å². The van der Waals surface area contributed by atoms with Crippen LogP contribution in [0.5, 0.6) is 11.5 Å². The van der Waals surface area contributed by atoms with Crippen LogP contribution in [0.2, 0.25) is 0 Å². The lowest BCUT2D eigenvalue weighted by molar-refractivity contribution is 0.0633. The van der Waals surface area contributed by atoms with E-state index in [1.165, 1.54) is 6.07 Å². The van der Waals surface area contributed by atoms with Crippen LogP contribution in [0.1, 0.15) is 10.6 Å². The lowest BCUT2D eigenvalue weighted by Gasteiger charge is -2.31. The Kier molecular flexibility index (Phi) is 5.99. The fourth-order valence-electron chi connectivity index (χ4n) is 3.40. The third-order valence-electron chi connectivity index (χ3n) is 5.07. The minimum atomic E-state index is -0.298. The van der Waals surface area contributed by atoms with Crippen molar-refractivity contribution in [2.75, 3.05) is 46.4 Å². The second-order valence-corrected chi connectivity index (χ2v) is 7.21. The van der Waals surface area contributed by atoms with Crippen LogP contribution in [0.3, 0.4) is 0 Å². The van der Waals surface area contributed by atoms with Crippen molar-refractivity contribution in [1.82, 2.24) is 9.80 Å². The average molecular weight is 408 g/mol. The van der Waals surface area contributed by atoms with Crippen molar-refractivity contribution in [2.24, 2.45) is 0 Å². The first-order chi connectivity index (χ1) is 14.6. The summed E-state index contributed by atoms with van der Waals surface area (Å²) in [7, 11) is 2.02. The second kappa shape index (κ2) is 9.00. The lowest BCUT2D eigenvalue weighted by Crippen LogP contribution is -2.47. The molecule has 1 aliphatic rings. The van der Waals surface area contributed by atoms with Gasteiger partial charge in [0.15, 0.2) is 11.2 Å². The van der Waals surface area contributed by atoms with Crippen LogP contribution in [0.25, 0.3) is 11.0 Å². The molecule has 1 aromatic heterocycles. The Labute approximate surface area is 174 Å². The van der Waals surface area contributed by atoms with Crippen molar-refractivity contribution < 1.29 is 18.7 Å². The molecule has 0 radical (unpaired) electrons. The van der Waals surface area contributed by atoms with Gasteiger partial charge in [0, 0.05) is 32.2 Å². The van der Waals surface area contributed by atoms with Crippen LogP contribution in [0.4, 0.5) is 0 Å². The Morgan fingerprint density at radius 3 is 2.47 bits per heavy atom. The number of carbonyl (C=O) groups excluding carboxylic acids is 1. The molecule has 0 spiro atoms. The molecule has 0 unspecified atom stereocenters. The Morgan fingerprint density at radius 1 is 0.967 bits per heavy atom. The summed E-state index contributed by atoms with van der Waals surface area (Å²) in [5.74, 6) is 0.966. The van der Waals surface area contributed by atoms with Crippen molar-refractivity contribution in [3.8, 4) is 11.5 Å². The molecular weight excluding hydrogens is 384 g/mol. The molecular formula is C23H24N2O5. The van der Waals surface area contributed by atoms with Gasteiger partial charge in [-0.1, -0.05) is 24.3 Å². The average Bonchev–Trinajstić information content (AvgIpc) is 2.77. The SMILES string of the molecule is CN1CCN(C(=O)c2cc(=O)c3c(OCCOc4ccccc4)cccc3o2)CC1. The smallest absolute Gasteiger partial charge is 0.289 e. The molecule has 1 amide bonds. The molecule has 4 rings (SSSR count). The topological polar surface area (TPSA) is 72.2 Å². The summed E-state index contributed by atoms with van der Waals surface area (Å²) in [6.07, 6.45) is 0. The van der Waals surface area contributed by atoms with Crippen molar-refractivity contribution in [3.63, 3.8) is 0 Å². The van der Waals surface area contributed by atoms with E-state index < -0.39 is 0 Å². The van der Waals surface area contributed by atoms with Gasteiger partial charge in [-0.3, -0.25) is 9.59 Å². The summed E-state index contributed by atoms with van der Waals surface area (Å²) in [4.78, 5) is 29.4. The lowest BCUT2D eigenvalue weighted by atomic mass is 10.2. The van der Waals surface area contributed by atoms with Crippen molar-refractivity contribution in [2.45, 2.75) is 0 Å². The maximum atomic E-state index is 12.8.